The summed E-state index contributed by atoms with van der Waals surface area (Å²) in [5.41, 5.74) is 1.06. The Balaban J connectivity index is 1.65. The highest BCUT2D eigenvalue weighted by atomic mass is 15.2. The number of hydrogen-bond donors (Lipinski definition) is 1. The van der Waals surface area contributed by atoms with Crippen molar-refractivity contribution in [2.24, 2.45) is 11.8 Å². The van der Waals surface area contributed by atoms with Gasteiger partial charge in [0.2, 0.25) is 0 Å². The molecule has 1 aliphatic heterocycles. The zero-order chi connectivity index (χ0) is 14.7. The summed E-state index contributed by atoms with van der Waals surface area (Å²) >= 11 is 0. The van der Waals surface area contributed by atoms with Gasteiger partial charge in [0.05, 0.1) is 11.9 Å². The van der Waals surface area contributed by atoms with E-state index in [0.717, 1.165) is 37.1 Å². The summed E-state index contributed by atoms with van der Waals surface area (Å²) in [5, 5.41) is 3.45. The van der Waals surface area contributed by atoms with E-state index in [-0.39, 0.29) is 0 Å². The van der Waals surface area contributed by atoms with Crippen molar-refractivity contribution in [3.63, 3.8) is 0 Å². The van der Waals surface area contributed by atoms with E-state index in [2.05, 4.69) is 29.0 Å². The van der Waals surface area contributed by atoms with Crippen LogP contribution in [0.2, 0.25) is 0 Å². The molecule has 2 aliphatic rings. The summed E-state index contributed by atoms with van der Waals surface area (Å²) in [4.78, 5) is 11.8. The van der Waals surface area contributed by atoms with Gasteiger partial charge in [0.1, 0.15) is 5.82 Å². The monoisotopic (exact) mass is 288 g/mol. The SMILES string of the molecule is CC(C)CNCc1cncc(N2CCC3CCCCC32)n1. The van der Waals surface area contributed by atoms with Crippen molar-refractivity contribution in [2.75, 3.05) is 18.0 Å². The maximum absolute atomic E-state index is 4.84. The summed E-state index contributed by atoms with van der Waals surface area (Å²) in [5.74, 6) is 2.65. The predicted octanol–water partition coefficient (Wildman–Crippen LogP) is 2.99. The van der Waals surface area contributed by atoms with Gasteiger partial charge < -0.3 is 10.2 Å². The summed E-state index contributed by atoms with van der Waals surface area (Å²) in [7, 11) is 0. The second-order valence-corrected chi connectivity index (χ2v) is 6.99. The number of aromatic nitrogens is 2. The van der Waals surface area contributed by atoms with E-state index in [9.17, 15) is 0 Å². The van der Waals surface area contributed by atoms with Crippen LogP contribution in [0.1, 0.15) is 51.6 Å². The molecule has 0 radical (unpaired) electrons. The first-order chi connectivity index (χ1) is 10.2. The van der Waals surface area contributed by atoms with E-state index >= 15 is 0 Å². The molecule has 1 saturated heterocycles. The van der Waals surface area contributed by atoms with E-state index in [1.165, 1.54) is 32.1 Å². The molecule has 2 fully saturated rings. The topological polar surface area (TPSA) is 41.1 Å². The lowest BCUT2D eigenvalue weighted by Gasteiger charge is -2.32. The highest BCUT2D eigenvalue weighted by Gasteiger charge is 2.36. The lowest BCUT2D eigenvalue weighted by Crippen LogP contribution is -2.35. The molecule has 0 amide bonds. The van der Waals surface area contributed by atoms with Crippen LogP contribution < -0.4 is 10.2 Å². The first-order valence-corrected chi connectivity index (χ1v) is 8.52. The number of anilines is 1. The van der Waals surface area contributed by atoms with Gasteiger partial charge in [-0.3, -0.25) is 4.98 Å². The molecule has 1 aromatic heterocycles. The summed E-state index contributed by atoms with van der Waals surface area (Å²) in [6.45, 7) is 7.46. The largest absolute Gasteiger partial charge is 0.352 e. The average Bonchev–Trinajstić information content (AvgIpc) is 2.91. The highest BCUT2D eigenvalue weighted by Crippen LogP contribution is 2.37. The molecule has 1 N–H and O–H groups in total. The second-order valence-electron chi connectivity index (χ2n) is 6.99. The lowest BCUT2D eigenvalue weighted by atomic mass is 9.85. The van der Waals surface area contributed by atoms with Crippen LogP contribution >= 0.6 is 0 Å². The van der Waals surface area contributed by atoms with Crippen molar-refractivity contribution >= 4 is 5.82 Å². The molecule has 1 saturated carbocycles. The smallest absolute Gasteiger partial charge is 0.147 e. The average molecular weight is 288 g/mol. The van der Waals surface area contributed by atoms with Gasteiger partial charge in [-0.05, 0) is 37.6 Å². The molecular formula is C17H28N4. The Bertz CT molecular complexity index is 460. The standard InChI is InChI=1S/C17H28N4/c1-13(2)9-18-10-15-11-19-12-17(20-15)21-8-7-14-5-3-4-6-16(14)21/h11-14,16,18H,3-10H2,1-2H3. The van der Waals surface area contributed by atoms with Gasteiger partial charge in [-0.1, -0.05) is 26.7 Å². The molecule has 21 heavy (non-hydrogen) atoms. The van der Waals surface area contributed by atoms with Gasteiger partial charge in [0.25, 0.3) is 0 Å². The molecule has 2 atom stereocenters. The van der Waals surface area contributed by atoms with Gasteiger partial charge in [-0.15, -0.1) is 0 Å². The minimum absolute atomic E-state index is 0.669. The Kier molecular flexibility index (Phi) is 4.73. The van der Waals surface area contributed by atoms with Crippen molar-refractivity contribution in [1.29, 1.82) is 0 Å². The van der Waals surface area contributed by atoms with Crippen LogP contribution in [0.4, 0.5) is 5.82 Å². The molecule has 116 valence electrons. The normalized spacial score (nSPS) is 25.4. The highest BCUT2D eigenvalue weighted by molar-refractivity contribution is 5.40. The molecule has 4 nitrogen and oxygen atoms in total. The van der Waals surface area contributed by atoms with Crippen LogP contribution in [0.25, 0.3) is 0 Å². The first-order valence-electron chi connectivity index (χ1n) is 8.52. The van der Waals surface area contributed by atoms with Gasteiger partial charge >= 0.3 is 0 Å². The van der Waals surface area contributed by atoms with Crippen LogP contribution in [-0.2, 0) is 6.54 Å². The summed E-state index contributed by atoms with van der Waals surface area (Å²) in [6.07, 6.45) is 10.7. The summed E-state index contributed by atoms with van der Waals surface area (Å²) < 4.78 is 0. The van der Waals surface area contributed by atoms with Crippen molar-refractivity contribution in [2.45, 2.75) is 58.5 Å². The van der Waals surface area contributed by atoms with Gasteiger partial charge in [0, 0.05) is 25.3 Å². The third kappa shape index (κ3) is 3.54. The molecular weight excluding hydrogens is 260 g/mol. The van der Waals surface area contributed by atoms with Crippen molar-refractivity contribution in [3.8, 4) is 0 Å². The molecule has 1 aliphatic carbocycles. The maximum Gasteiger partial charge on any atom is 0.147 e. The minimum atomic E-state index is 0.669. The Hall–Kier alpha value is -1.16. The van der Waals surface area contributed by atoms with Crippen LogP contribution in [0, 0.1) is 11.8 Å². The third-order valence-electron chi connectivity index (χ3n) is 4.83. The fourth-order valence-electron chi connectivity index (χ4n) is 3.80. The fourth-order valence-corrected chi connectivity index (χ4v) is 3.80. The second kappa shape index (κ2) is 6.73. The van der Waals surface area contributed by atoms with E-state index in [1.54, 1.807) is 0 Å². The fraction of sp³-hybridized carbons (Fsp3) is 0.765. The molecule has 0 bridgehead atoms. The van der Waals surface area contributed by atoms with E-state index < -0.39 is 0 Å². The van der Waals surface area contributed by atoms with Crippen molar-refractivity contribution in [3.05, 3.63) is 18.1 Å². The van der Waals surface area contributed by atoms with Crippen molar-refractivity contribution < 1.29 is 0 Å². The maximum atomic E-state index is 4.84. The number of rotatable bonds is 5. The molecule has 1 aromatic rings. The molecule has 2 unspecified atom stereocenters. The number of fused-ring (bicyclic) bond motifs is 1. The molecule has 2 heterocycles. The van der Waals surface area contributed by atoms with Crippen LogP contribution in [0.15, 0.2) is 12.4 Å². The zero-order valence-electron chi connectivity index (χ0n) is 13.4. The Morgan fingerprint density at radius 3 is 2.95 bits per heavy atom. The van der Waals surface area contributed by atoms with Gasteiger partial charge in [0.15, 0.2) is 0 Å². The van der Waals surface area contributed by atoms with E-state index in [4.69, 9.17) is 4.98 Å². The third-order valence-corrected chi connectivity index (χ3v) is 4.83. The quantitative estimate of drug-likeness (QED) is 0.904. The lowest BCUT2D eigenvalue weighted by molar-refractivity contribution is 0.341. The summed E-state index contributed by atoms with van der Waals surface area (Å²) in [6, 6.07) is 0.715. The number of nitrogens with one attached hydrogen (secondary N) is 1. The van der Waals surface area contributed by atoms with Gasteiger partial charge in [-0.25, -0.2) is 4.98 Å². The molecule has 0 aromatic carbocycles. The Morgan fingerprint density at radius 2 is 2.10 bits per heavy atom. The molecule has 3 rings (SSSR count). The Labute approximate surface area is 128 Å². The first kappa shape index (κ1) is 14.8. The van der Waals surface area contributed by atoms with E-state index in [1.807, 2.05) is 12.4 Å². The Morgan fingerprint density at radius 1 is 1.24 bits per heavy atom. The predicted molar refractivity (Wildman–Crippen MR) is 86.3 cm³/mol. The zero-order valence-corrected chi connectivity index (χ0v) is 13.4. The molecule has 0 spiro atoms. The number of hydrogen-bond acceptors (Lipinski definition) is 4. The van der Waals surface area contributed by atoms with E-state index in [0.29, 0.717) is 12.0 Å². The number of nitrogens with zero attached hydrogens (tertiary/aromatic N) is 3. The van der Waals surface area contributed by atoms with Crippen LogP contribution in [0.5, 0.6) is 0 Å². The van der Waals surface area contributed by atoms with Crippen molar-refractivity contribution in [1.82, 2.24) is 15.3 Å². The van der Waals surface area contributed by atoms with Crippen LogP contribution in [-0.4, -0.2) is 29.1 Å². The molecule has 4 heteroatoms. The van der Waals surface area contributed by atoms with Gasteiger partial charge in [-0.2, -0.15) is 0 Å². The minimum Gasteiger partial charge on any atom is -0.352 e. The van der Waals surface area contributed by atoms with Crippen LogP contribution in [0.3, 0.4) is 0 Å².